The molecule has 0 aromatic heterocycles. The first-order valence-corrected chi connectivity index (χ1v) is 33.3. The Labute approximate surface area is 462 Å². The number of unbranched alkanes of at least 4 members (excludes halogenated alkanes) is 47. The third-order valence-corrected chi connectivity index (χ3v) is 15.2. The van der Waals surface area contributed by atoms with Gasteiger partial charge in [-0.15, -0.1) is 0 Å². The Kier molecular flexibility index (Phi) is 61.6. The summed E-state index contributed by atoms with van der Waals surface area (Å²) < 4.78 is 16.8. The standard InChI is InChI=1S/C68H128O6/c1-4-7-10-13-16-19-21-23-24-25-26-27-28-29-30-31-32-33-34-35-36-37-38-39-40-41-42-43-44-46-47-49-52-55-58-61-67(70)73-64-65(63-72-66(69)60-57-54-51-18-15-12-9-6-3)74-68(71)62-59-56-53-50-48-45-22-20-17-14-11-8-5-2/h20,22,25-26,65H,4-19,21,23-24,27-64H2,1-3H3/b22-20-,26-25-. The summed E-state index contributed by atoms with van der Waals surface area (Å²) in [4.78, 5) is 38.0. The molecule has 436 valence electrons. The number of hydrogen-bond acceptors (Lipinski definition) is 6. The predicted molar refractivity (Wildman–Crippen MR) is 321 cm³/mol. The first-order valence-electron chi connectivity index (χ1n) is 33.3. The van der Waals surface area contributed by atoms with E-state index in [1.807, 2.05) is 0 Å². The molecule has 0 aromatic carbocycles. The highest BCUT2D eigenvalue weighted by Gasteiger charge is 2.19. The van der Waals surface area contributed by atoms with Gasteiger partial charge in [-0.05, 0) is 70.6 Å². The average molecular weight is 1040 g/mol. The number of rotatable bonds is 62. The molecule has 0 fully saturated rings. The zero-order valence-electron chi connectivity index (χ0n) is 50.1. The van der Waals surface area contributed by atoms with E-state index in [0.29, 0.717) is 19.3 Å². The van der Waals surface area contributed by atoms with Crippen LogP contribution in [0.1, 0.15) is 374 Å². The van der Waals surface area contributed by atoms with Gasteiger partial charge in [0, 0.05) is 19.3 Å². The van der Waals surface area contributed by atoms with Gasteiger partial charge in [-0.25, -0.2) is 0 Å². The zero-order chi connectivity index (χ0) is 53.6. The van der Waals surface area contributed by atoms with Crippen molar-refractivity contribution >= 4 is 17.9 Å². The second kappa shape index (κ2) is 63.4. The van der Waals surface area contributed by atoms with Gasteiger partial charge in [0.15, 0.2) is 6.10 Å². The van der Waals surface area contributed by atoms with Crippen LogP contribution in [0.25, 0.3) is 0 Å². The summed E-state index contributed by atoms with van der Waals surface area (Å²) in [6, 6.07) is 0. The van der Waals surface area contributed by atoms with Crippen LogP contribution < -0.4 is 0 Å². The molecular formula is C68H128O6. The molecule has 0 heterocycles. The van der Waals surface area contributed by atoms with Crippen molar-refractivity contribution in [2.45, 2.75) is 380 Å². The maximum absolute atomic E-state index is 12.8. The molecule has 0 aromatic rings. The third-order valence-electron chi connectivity index (χ3n) is 15.2. The van der Waals surface area contributed by atoms with E-state index in [-0.39, 0.29) is 31.1 Å². The van der Waals surface area contributed by atoms with Crippen molar-refractivity contribution in [3.63, 3.8) is 0 Å². The highest BCUT2D eigenvalue weighted by molar-refractivity contribution is 5.71. The SMILES string of the molecule is CCCCCC/C=C\CCCCCCCC(=O)OC(COC(=O)CCCCCCCCCC)COC(=O)CCCCCCCCCCCCCCCCCCCCCCCCC/C=C\CCCCCCCCCC. The molecule has 0 rings (SSSR count). The van der Waals surface area contributed by atoms with Crippen LogP contribution in [0, 0.1) is 0 Å². The Morgan fingerprint density at radius 3 is 0.689 bits per heavy atom. The molecule has 1 unspecified atom stereocenters. The van der Waals surface area contributed by atoms with Crippen LogP contribution in [0.4, 0.5) is 0 Å². The van der Waals surface area contributed by atoms with Gasteiger partial charge in [-0.2, -0.15) is 0 Å². The van der Waals surface area contributed by atoms with E-state index in [1.54, 1.807) is 0 Å². The smallest absolute Gasteiger partial charge is 0.306 e. The molecule has 0 saturated heterocycles. The molecule has 74 heavy (non-hydrogen) atoms. The molecular weight excluding hydrogens is 913 g/mol. The molecule has 1 atom stereocenters. The molecule has 0 aliphatic rings. The normalized spacial score (nSPS) is 12.1. The lowest BCUT2D eigenvalue weighted by molar-refractivity contribution is -0.167. The van der Waals surface area contributed by atoms with Crippen LogP contribution in [0.5, 0.6) is 0 Å². The quantitative estimate of drug-likeness (QED) is 0.0261. The first kappa shape index (κ1) is 71.9. The molecule has 0 spiro atoms. The van der Waals surface area contributed by atoms with Crippen molar-refractivity contribution in [2.75, 3.05) is 13.2 Å². The molecule has 0 aliphatic carbocycles. The molecule has 0 N–H and O–H groups in total. The largest absolute Gasteiger partial charge is 0.462 e. The van der Waals surface area contributed by atoms with Crippen molar-refractivity contribution in [3.05, 3.63) is 24.3 Å². The molecule has 0 radical (unpaired) electrons. The Morgan fingerprint density at radius 2 is 0.446 bits per heavy atom. The van der Waals surface area contributed by atoms with Gasteiger partial charge in [-0.3, -0.25) is 14.4 Å². The fourth-order valence-corrected chi connectivity index (χ4v) is 10.1. The fourth-order valence-electron chi connectivity index (χ4n) is 10.1. The number of hydrogen-bond donors (Lipinski definition) is 0. The highest BCUT2D eigenvalue weighted by atomic mass is 16.6. The number of allylic oxidation sites excluding steroid dienone is 4. The van der Waals surface area contributed by atoms with Gasteiger partial charge < -0.3 is 14.2 Å². The summed E-state index contributed by atoms with van der Waals surface area (Å²) in [5.41, 5.74) is 0. The van der Waals surface area contributed by atoms with Crippen LogP contribution in [-0.4, -0.2) is 37.2 Å². The van der Waals surface area contributed by atoms with Crippen molar-refractivity contribution in [2.24, 2.45) is 0 Å². The second-order valence-corrected chi connectivity index (χ2v) is 22.7. The van der Waals surface area contributed by atoms with Crippen molar-refractivity contribution in [1.82, 2.24) is 0 Å². The number of carbonyl (C=O) groups is 3. The predicted octanol–water partition coefficient (Wildman–Crippen LogP) is 22.6. The summed E-state index contributed by atoms with van der Waals surface area (Å²) in [6.45, 7) is 6.64. The number of carbonyl (C=O) groups excluding carboxylic acids is 3. The summed E-state index contributed by atoms with van der Waals surface area (Å²) >= 11 is 0. The number of esters is 3. The molecule has 0 aliphatic heterocycles. The summed E-state index contributed by atoms with van der Waals surface area (Å²) in [7, 11) is 0. The van der Waals surface area contributed by atoms with Crippen LogP contribution in [-0.2, 0) is 28.6 Å². The Balaban J connectivity index is 3.90. The second-order valence-electron chi connectivity index (χ2n) is 22.7. The number of ether oxygens (including phenoxy) is 3. The minimum atomic E-state index is -0.769. The van der Waals surface area contributed by atoms with Crippen molar-refractivity contribution < 1.29 is 28.6 Å². The van der Waals surface area contributed by atoms with E-state index in [4.69, 9.17) is 14.2 Å². The minimum absolute atomic E-state index is 0.0692. The molecule has 0 amide bonds. The van der Waals surface area contributed by atoms with Gasteiger partial charge in [0.05, 0.1) is 0 Å². The molecule has 0 bridgehead atoms. The van der Waals surface area contributed by atoms with Gasteiger partial charge in [0.25, 0.3) is 0 Å². The van der Waals surface area contributed by atoms with Gasteiger partial charge in [-0.1, -0.05) is 308 Å². The minimum Gasteiger partial charge on any atom is -0.462 e. The molecule has 6 nitrogen and oxygen atoms in total. The fraction of sp³-hybridized carbons (Fsp3) is 0.897. The maximum Gasteiger partial charge on any atom is 0.306 e. The lowest BCUT2D eigenvalue weighted by Gasteiger charge is -2.18. The van der Waals surface area contributed by atoms with Crippen LogP contribution >= 0.6 is 0 Å². The van der Waals surface area contributed by atoms with E-state index in [1.165, 1.54) is 270 Å². The van der Waals surface area contributed by atoms with Crippen LogP contribution in [0.15, 0.2) is 24.3 Å². The molecule has 6 heteroatoms. The summed E-state index contributed by atoms with van der Waals surface area (Å²) in [5.74, 6) is -0.862. The Bertz CT molecular complexity index is 1190. The van der Waals surface area contributed by atoms with Crippen molar-refractivity contribution in [1.29, 1.82) is 0 Å². The van der Waals surface area contributed by atoms with E-state index >= 15 is 0 Å². The Morgan fingerprint density at radius 1 is 0.257 bits per heavy atom. The van der Waals surface area contributed by atoms with Crippen molar-refractivity contribution in [3.8, 4) is 0 Å². The van der Waals surface area contributed by atoms with Gasteiger partial charge in [0.2, 0.25) is 0 Å². The highest BCUT2D eigenvalue weighted by Crippen LogP contribution is 2.18. The van der Waals surface area contributed by atoms with E-state index in [0.717, 1.165) is 64.2 Å². The topological polar surface area (TPSA) is 78.9 Å². The molecule has 0 saturated carbocycles. The maximum atomic E-state index is 12.8. The lowest BCUT2D eigenvalue weighted by Crippen LogP contribution is -2.30. The van der Waals surface area contributed by atoms with E-state index < -0.39 is 6.10 Å². The third kappa shape index (κ3) is 60.8. The monoisotopic (exact) mass is 1040 g/mol. The van der Waals surface area contributed by atoms with Crippen LogP contribution in [0.2, 0.25) is 0 Å². The van der Waals surface area contributed by atoms with Gasteiger partial charge in [0.1, 0.15) is 13.2 Å². The first-order chi connectivity index (χ1) is 36.5. The lowest BCUT2D eigenvalue weighted by atomic mass is 10.0. The average Bonchev–Trinajstić information content (AvgIpc) is 3.40. The van der Waals surface area contributed by atoms with Crippen LogP contribution in [0.3, 0.4) is 0 Å². The zero-order valence-corrected chi connectivity index (χ0v) is 50.1. The summed E-state index contributed by atoms with van der Waals surface area (Å²) in [6.07, 6.45) is 76.7. The van der Waals surface area contributed by atoms with Gasteiger partial charge >= 0.3 is 17.9 Å². The van der Waals surface area contributed by atoms with E-state index in [9.17, 15) is 14.4 Å². The van der Waals surface area contributed by atoms with E-state index in [2.05, 4.69) is 45.1 Å². The Hall–Kier alpha value is -2.11. The summed E-state index contributed by atoms with van der Waals surface area (Å²) in [5, 5.41) is 0.